The van der Waals surface area contributed by atoms with Crippen LogP contribution in [0.4, 0.5) is 11.5 Å². The van der Waals surface area contributed by atoms with Crippen LogP contribution in [0.25, 0.3) is 0 Å². The van der Waals surface area contributed by atoms with Gasteiger partial charge in [0, 0.05) is 12.0 Å². The third-order valence-electron chi connectivity index (χ3n) is 6.91. The summed E-state index contributed by atoms with van der Waals surface area (Å²) in [4.78, 5) is 27.1. The fourth-order valence-corrected chi connectivity index (χ4v) is 5.09. The average Bonchev–Trinajstić information content (AvgIpc) is 3.22. The Bertz CT molecular complexity index is 1270. The molecular weight excluding hydrogens is 432 g/mol. The van der Waals surface area contributed by atoms with Crippen LogP contribution in [0.3, 0.4) is 0 Å². The number of hydrogen-bond acceptors (Lipinski definition) is 8. The quantitative estimate of drug-likeness (QED) is 0.579. The van der Waals surface area contributed by atoms with E-state index in [1.54, 1.807) is 6.92 Å². The zero-order valence-corrected chi connectivity index (χ0v) is 19.8. The molecular formula is C25H30N6O3. The first kappa shape index (κ1) is 22.3. The lowest BCUT2D eigenvalue weighted by atomic mass is 9.77. The molecule has 0 unspecified atom stereocenters. The van der Waals surface area contributed by atoms with Gasteiger partial charge in [0.15, 0.2) is 17.3 Å². The summed E-state index contributed by atoms with van der Waals surface area (Å²) >= 11 is 0. The van der Waals surface area contributed by atoms with Crippen LogP contribution in [-0.2, 0) is 6.42 Å². The zero-order valence-electron chi connectivity index (χ0n) is 19.8. The van der Waals surface area contributed by atoms with Crippen molar-refractivity contribution >= 4 is 17.2 Å². The molecule has 9 nitrogen and oxygen atoms in total. The van der Waals surface area contributed by atoms with E-state index >= 15 is 0 Å². The molecule has 1 saturated carbocycles. The summed E-state index contributed by atoms with van der Waals surface area (Å²) in [5.74, 6) is 2.71. The molecule has 9 heteroatoms. The number of aromatic amines is 1. The third-order valence-corrected chi connectivity index (χ3v) is 6.91. The second-order valence-corrected chi connectivity index (χ2v) is 9.80. The van der Waals surface area contributed by atoms with E-state index in [0.29, 0.717) is 40.9 Å². The highest BCUT2D eigenvalue weighted by molar-refractivity contribution is 6.09. The normalized spacial score (nSPS) is 21.4. The predicted octanol–water partition coefficient (Wildman–Crippen LogP) is 4.24. The van der Waals surface area contributed by atoms with Gasteiger partial charge < -0.3 is 10.5 Å². The van der Waals surface area contributed by atoms with Crippen LogP contribution in [0.2, 0.25) is 0 Å². The molecule has 1 fully saturated rings. The molecule has 1 aliphatic heterocycles. The highest BCUT2D eigenvalue weighted by Gasteiger charge is 2.35. The second kappa shape index (κ2) is 8.70. The molecule has 3 aromatic rings. The Kier molecular flexibility index (Phi) is 5.71. The van der Waals surface area contributed by atoms with E-state index in [1.165, 1.54) is 18.4 Å². The Labute approximate surface area is 197 Å². The minimum atomic E-state index is -0.631. The van der Waals surface area contributed by atoms with Crippen molar-refractivity contribution in [1.29, 1.82) is 0 Å². The molecule has 178 valence electrons. The van der Waals surface area contributed by atoms with Gasteiger partial charge in [-0.1, -0.05) is 29.4 Å². The van der Waals surface area contributed by atoms with Crippen molar-refractivity contribution in [2.75, 3.05) is 5.73 Å². The van der Waals surface area contributed by atoms with Crippen LogP contribution in [0, 0.1) is 12.8 Å². The van der Waals surface area contributed by atoms with E-state index in [9.17, 15) is 4.79 Å². The van der Waals surface area contributed by atoms with Crippen molar-refractivity contribution in [1.82, 2.24) is 20.1 Å². The van der Waals surface area contributed by atoms with Gasteiger partial charge in [0.25, 0.3) is 0 Å². The predicted molar refractivity (Wildman–Crippen MR) is 129 cm³/mol. The number of aromatic nitrogens is 4. The molecule has 1 aliphatic carbocycles. The van der Waals surface area contributed by atoms with Crippen LogP contribution < -0.4 is 16.2 Å². The summed E-state index contributed by atoms with van der Waals surface area (Å²) in [6.07, 6.45) is 6.46. The number of nitrogens with two attached hydrogens (primary N) is 1. The van der Waals surface area contributed by atoms with Crippen molar-refractivity contribution in [3.63, 3.8) is 0 Å². The summed E-state index contributed by atoms with van der Waals surface area (Å²) in [6, 6.07) is 8.68. The highest BCUT2D eigenvalue weighted by Crippen LogP contribution is 2.40. The molecule has 0 spiro atoms. The molecule has 0 saturated heterocycles. The van der Waals surface area contributed by atoms with Crippen molar-refractivity contribution < 1.29 is 9.26 Å². The van der Waals surface area contributed by atoms with E-state index < -0.39 is 11.4 Å². The number of H-pyrrole nitrogens is 1. The molecule has 1 aromatic carbocycles. The molecule has 0 bridgehead atoms. The summed E-state index contributed by atoms with van der Waals surface area (Å²) in [5.41, 5.74) is 9.15. The number of aliphatic imine (C=N–C) groups is 1. The number of anilines is 1. The van der Waals surface area contributed by atoms with Crippen LogP contribution >= 0.6 is 0 Å². The Morgan fingerprint density at radius 3 is 2.53 bits per heavy atom. The zero-order chi connectivity index (χ0) is 23.9. The van der Waals surface area contributed by atoms with Gasteiger partial charge in [-0.15, -0.1) is 0 Å². The molecule has 2 aliphatic rings. The molecule has 0 amide bonds. The largest absolute Gasteiger partial charge is 0.463 e. The van der Waals surface area contributed by atoms with Crippen LogP contribution in [-0.4, -0.2) is 31.4 Å². The van der Waals surface area contributed by atoms with Crippen LogP contribution in [0.15, 0.2) is 38.6 Å². The third kappa shape index (κ3) is 4.47. The summed E-state index contributed by atoms with van der Waals surface area (Å²) in [6.45, 7) is 5.77. The molecule has 34 heavy (non-hydrogen) atoms. The standard InChI is InChI=1S/C25H30N6O3/c1-14-27-22(26)20-23(28-14)33-25(2,3)21(30-20)18-11-9-17(10-12-18)16-7-4-15(5-8-16)6-13-19-29-24(32)34-31-19/h9-12,15-16H,4-8,13H2,1-3H3,(H2,26,27,28)(H,29,31,32). The van der Waals surface area contributed by atoms with Crippen molar-refractivity contribution in [3.8, 4) is 5.88 Å². The number of nitrogens with zero attached hydrogens (tertiary/aromatic N) is 4. The SMILES string of the molecule is Cc1nc(N)c2c(n1)OC(C)(C)C(c1ccc(C3CCC(CCc4noc(=O)[nH]4)CC3)cc1)=N2. The fourth-order valence-electron chi connectivity index (χ4n) is 5.09. The Balaban J connectivity index is 1.26. The van der Waals surface area contributed by atoms with Crippen LogP contribution in [0.5, 0.6) is 5.88 Å². The fraction of sp³-hybridized carbons (Fsp3) is 0.480. The number of nitrogens with one attached hydrogen (secondary N) is 1. The lowest BCUT2D eigenvalue weighted by Gasteiger charge is -2.32. The molecule has 0 atom stereocenters. The second-order valence-electron chi connectivity index (χ2n) is 9.80. The van der Waals surface area contributed by atoms with Crippen molar-refractivity contribution in [3.05, 3.63) is 57.6 Å². The number of fused-ring (bicyclic) bond motifs is 1. The lowest BCUT2D eigenvalue weighted by molar-refractivity contribution is 0.171. The van der Waals surface area contributed by atoms with Gasteiger partial charge in [-0.05, 0) is 70.3 Å². The first-order valence-electron chi connectivity index (χ1n) is 11.9. The number of aryl methyl sites for hydroxylation is 2. The van der Waals surface area contributed by atoms with Gasteiger partial charge in [0.05, 0.1) is 5.71 Å². The molecule has 0 radical (unpaired) electrons. The van der Waals surface area contributed by atoms with Crippen molar-refractivity contribution in [2.24, 2.45) is 10.9 Å². The summed E-state index contributed by atoms with van der Waals surface area (Å²) in [5, 5.41) is 3.77. The maximum Gasteiger partial charge on any atom is 0.438 e. The first-order valence-corrected chi connectivity index (χ1v) is 11.9. The van der Waals surface area contributed by atoms with Gasteiger partial charge in [0.2, 0.25) is 5.88 Å². The van der Waals surface area contributed by atoms with E-state index in [1.807, 2.05) is 13.8 Å². The first-order chi connectivity index (χ1) is 16.3. The summed E-state index contributed by atoms with van der Waals surface area (Å²) in [7, 11) is 0. The average molecular weight is 463 g/mol. The topological polar surface area (TPSA) is 132 Å². The van der Waals surface area contributed by atoms with E-state index in [0.717, 1.165) is 37.0 Å². The van der Waals surface area contributed by atoms with Crippen molar-refractivity contribution in [2.45, 2.75) is 70.8 Å². The van der Waals surface area contributed by atoms with E-state index in [4.69, 9.17) is 15.5 Å². The lowest BCUT2D eigenvalue weighted by Crippen LogP contribution is -2.41. The van der Waals surface area contributed by atoms with Gasteiger partial charge >= 0.3 is 5.76 Å². The Morgan fingerprint density at radius 2 is 1.85 bits per heavy atom. The van der Waals surface area contributed by atoms with Gasteiger partial charge in [-0.2, -0.15) is 4.98 Å². The maximum atomic E-state index is 11.1. The monoisotopic (exact) mass is 462 g/mol. The van der Waals surface area contributed by atoms with E-state index in [-0.39, 0.29) is 0 Å². The Hall–Kier alpha value is -3.49. The van der Waals surface area contributed by atoms with Gasteiger partial charge in [-0.3, -0.25) is 9.51 Å². The molecule has 5 rings (SSSR count). The number of benzene rings is 1. The number of ether oxygens (including phenoxy) is 1. The van der Waals surface area contributed by atoms with E-state index in [2.05, 4.69) is 48.9 Å². The summed E-state index contributed by atoms with van der Waals surface area (Å²) < 4.78 is 10.8. The minimum Gasteiger partial charge on any atom is -0.463 e. The highest BCUT2D eigenvalue weighted by atomic mass is 16.5. The maximum absolute atomic E-state index is 11.1. The molecule has 3 heterocycles. The number of nitrogen functional groups attached to an aromatic ring is 1. The molecule has 3 N–H and O–H groups in total. The van der Waals surface area contributed by atoms with Crippen LogP contribution in [0.1, 0.15) is 74.6 Å². The Morgan fingerprint density at radius 1 is 1.12 bits per heavy atom. The molecule has 2 aromatic heterocycles. The number of hydrogen-bond donors (Lipinski definition) is 2. The minimum absolute atomic E-state index is 0.332. The number of rotatable bonds is 5. The van der Waals surface area contributed by atoms with Gasteiger partial charge in [-0.25, -0.2) is 14.8 Å². The van der Waals surface area contributed by atoms with Gasteiger partial charge in [0.1, 0.15) is 11.4 Å². The smallest absolute Gasteiger partial charge is 0.438 e.